The number of carbonyl (C=O) groups is 1. The van der Waals surface area contributed by atoms with Crippen LogP contribution in [0.3, 0.4) is 0 Å². The summed E-state index contributed by atoms with van der Waals surface area (Å²) in [6.45, 7) is 2.09. The molecule has 1 atom stereocenters. The van der Waals surface area contributed by atoms with Crippen molar-refractivity contribution in [3.05, 3.63) is 0 Å². The summed E-state index contributed by atoms with van der Waals surface area (Å²) in [6, 6.07) is 0.132. The van der Waals surface area contributed by atoms with Crippen molar-refractivity contribution in [2.45, 2.75) is 32.2 Å². The van der Waals surface area contributed by atoms with Crippen LogP contribution in [0.15, 0.2) is 0 Å². The highest BCUT2D eigenvalue weighted by atomic mass is 35.5. The van der Waals surface area contributed by atoms with Crippen LogP contribution in [0.2, 0.25) is 0 Å². The number of amides is 1. The van der Waals surface area contributed by atoms with Gasteiger partial charge >= 0.3 is 0 Å². The number of carbonyl (C=O) groups excluding carboxylic acids is 1. The molecule has 0 aromatic heterocycles. The van der Waals surface area contributed by atoms with E-state index < -0.39 is 0 Å². The molecule has 0 saturated carbocycles. The van der Waals surface area contributed by atoms with E-state index in [2.05, 4.69) is 5.32 Å². The molecule has 0 aromatic carbocycles. The Morgan fingerprint density at radius 3 is 2.83 bits per heavy atom. The van der Waals surface area contributed by atoms with Crippen molar-refractivity contribution in [3.8, 4) is 0 Å². The number of nitrogens with one attached hydrogen (secondary N) is 1. The molecule has 0 aliphatic rings. The quantitative estimate of drug-likeness (QED) is 0.616. The van der Waals surface area contributed by atoms with Crippen LogP contribution in [-0.4, -0.2) is 29.5 Å². The van der Waals surface area contributed by atoms with E-state index in [0.29, 0.717) is 12.3 Å². The van der Waals surface area contributed by atoms with Crippen molar-refractivity contribution in [1.82, 2.24) is 5.32 Å². The molecule has 3 nitrogen and oxygen atoms in total. The summed E-state index contributed by atoms with van der Waals surface area (Å²) in [6.07, 6.45) is 1.90. The largest absolute Gasteiger partial charge is 0.396 e. The normalized spacial score (nSPS) is 12.6. The number of halogens is 1. The highest BCUT2D eigenvalue weighted by molar-refractivity contribution is 6.18. The molecule has 4 heteroatoms. The Morgan fingerprint density at radius 2 is 2.33 bits per heavy atom. The van der Waals surface area contributed by atoms with Gasteiger partial charge in [0.2, 0.25) is 5.91 Å². The van der Waals surface area contributed by atoms with Crippen molar-refractivity contribution in [3.63, 3.8) is 0 Å². The van der Waals surface area contributed by atoms with Gasteiger partial charge in [0.25, 0.3) is 0 Å². The molecule has 0 heterocycles. The van der Waals surface area contributed by atoms with E-state index in [-0.39, 0.29) is 18.6 Å². The van der Waals surface area contributed by atoms with Crippen molar-refractivity contribution < 1.29 is 9.90 Å². The van der Waals surface area contributed by atoms with Gasteiger partial charge in [-0.05, 0) is 19.8 Å². The lowest BCUT2D eigenvalue weighted by atomic mass is 10.2. The topological polar surface area (TPSA) is 49.3 Å². The molecular weight excluding hydrogens is 178 g/mol. The Bertz CT molecular complexity index is 130. The number of aliphatic hydroxyl groups is 1. The summed E-state index contributed by atoms with van der Waals surface area (Å²) in [5, 5.41) is 11.3. The molecule has 0 rings (SSSR count). The van der Waals surface area contributed by atoms with E-state index in [1.54, 1.807) is 0 Å². The molecule has 0 aliphatic heterocycles. The first-order chi connectivity index (χ1) is 5.70. The van der Waals surface area contributed by atoms with Gasteiger partial charge in [-0.1, -0.05) is 0 Å². The van der Waals surface area contributed by atoms with E-state index in [4.69, 9.17) is 16.7 Å². The Balaban J connectivity index is 3.40. The Kier molecular flexibility index (Phi) is 7.20. The lowest BCUT2D eigenvalue weighted by Crippen LogP contribution is -2.32. The third-order valence-corrected chi connectivity index (χ3v) is 1.71. The summed E-state index contributed by atoms with van der Waals surface area (Å²) in [4.78, 5) is 11.0. The first kappa shape index (κ1) is 11.7. The summed E-state index contributed by atoms with van der Waals surface area (Å²) >= 11 is 5.38. The SMILES string of the molecule is CC(CCCO)NC(=O)CCCl. The van der Waals surface area contributed by atoms with Gasteiger partial charge in [0, 0.05) is 24.9 Å². The second-order valence-corrected chi connectivity index (χ2v) is 3.15. The summed E-state index contributed by atoms with van der Waals surface area (Å²) < 4.78 is 0. The van der Waals surface area contributed by atoms with Gasteiger partial charge in [-0.15, -0.1) is 11.6 Å². The number of rotatable bonds is 6. The number of hydrogen-bond acceptors (Lipinski definition) is 2. The van der Waals surface area contributed by atoms with Gasteiger partial charge in [0.1, 0.15) is 0 Å². The average molecular weight is 194 g/mol. The Morgan fingerprint density at radius 1 is 1.67 bits per heavy atom. The van der Waals surface area contributed by atoms with Crippen molar-refractivity contribution in [2.75, 3.05) is 12.5 Å². The predicted octanol–water partition coefficient (Wildman–Crippen LogP) is 0.892. The average Bonchev–Trinajstić information content (AvgIpc) is 2.01. The monoisotopic (exact) mass is 193 g/mol. The van der Waals surface area contributed by atoms with Crippen LogP contribution in [0.4, 0.5) is 0 Å². The molecule has 0 saturated heterocycles. The van der Waals surface area contributed by atoms with Gasteiger partial charge in [-0.2, -0.15) is 0 Å². The van der Waals surface area contributed by atoms with E-state index in [9.17, 15) is 4.79 Å². The maximum atomic E-state index is 11.0. The molecule has 0 radical (unpaired) electrons. The fraction of sp³-hybridized carbons (Fsp3) is 0.875. The Labute approximate surface area is 78.1 Å². The highest BCUT2D eigenvalue weighted by Gasteiger charge is 2.05. The van der Waals surface area contributed by atoms with Crippen LogP contribution in [0.25, 0.3) is 0 Å². The Hall–Kier alpha value is -0.280. The summed E-state index contributed by atoms with van der Waals surface area (Å²) in [7, 11) is 0. The molecule has 1 unspecified atom stereocenters. The zero-order valence-electron chi connectivity index (χ0n) is 7.35. The van der Waals surface area contributed by atoms with Crippen molar-refractivity contribution in [1.29, 1.82) is 0 Å². The third kappa shape index (κ3) is 6.43. The summed E-state index contributed by atoms with van der Waals surface area (Å²) in [5.41, 5.74) is 0. The minimum absolute atomic E-state index is 0.0181. The second kappa shape index (κ2) is 7.37. The van der Waals surface area contributed by atoms with Crippen LogP contribution in [0, 0.1) is 0 Å². The minimum Gasteiger partial charge on any atom is -0.396 e. The molecule has 0 spiro atoms. The molecule has 0 fully saturated rings. The van der Waals surface area contributed by atoms with Gasteiger partial charge in [0.15, 0.2) is 0 Å². The maximum absolute atomic E-state index is 11.0. The number of aliphatic hydroxyl groups excluding tert-OH is 1. The van der Waals surface area contributed by atoms with Gasteiger partial charge in [0.05, 0.1) is 0 Å². The zero-order valence-corrected chi connectivity index (χ0v) is 8.10. The van der Waals surface area contributed by atoms with Crippen LogP contribution < -0.4 is 5.32 Å². The van der Waals surface area contributed by atoms with Crippen molar-refractivity contribution >= 4 is 17.5 Å². The molecule has 0 aliphatic carbocycles. The molecule has 0 bridgehead atoms. The number of alkyl halides is 1. The van der Waals surface area contributed by atoms with E-state index in [1.165, 1.54) is 0 Å². The lowest BCUT2D eigenvalue weighted by Gasteiger charge is -2.12. The third-order valence-electron chi connectivity index (χ3n) is 1.52. The highest BCUT2D eigenvalue weighted by Crippen LogP contribution is 1.96. The fourth-order valence-corrected chi connectivity index (χ4v) is 1.07. The van der Waals surface area contributed by atoms with Gasteiger partial charge in [-0.3, -0.25) is 4.79 Å². The minimum atomic E-state index is -0.0181. The van der Waals surface area contributed by atoms with Crippen LogP contribution in [-0.2, 0) is 4.79 Å². The van der Waals surface area contributed by atoms with Crippen molar-refractivity contribution in [2.24, 2.45) is 0 Å². The molecule has 2 N–H and O–H groups in total. The number of hydrogen-bond donors (Lipinski definition) is 2. The molecule has 12 heavy (non-hydrogen) atoms. The van der Waals surface area contributed by atoms with Gasteiger partial charge < -0.3 is 10.4 Å². The summed E-state index contributed by atoms with van der Waals surface area (Å²) in [5.74, 6) is 0.342. The molecule has 0 aromatic rings. The van der Waals surface area contributed by atoms with E-state index in [1.807, 2.05) is 6.92 Å². The second-order valence-electron chi connectivity index (χ2n) is 2.77. The van der Waals surface area contributed by atoms with E-state index >= 15 is 0 Å². The van der Waals surface area contributed by atoms with Crippen LogP contribution in [0.5, 0.6) is 0 Å². The molecule has 1 amide bonds. The first-order valence-corrected chi connectivity index (χ1v) is 4.70. The smallest absolute Gasteiger partial charge is 0.221 e. The predicted molar refractivity (Wildman–Crippen MR) is 49.3 cm³/mol. The van der Waals surface area contributed by atoms with Crippen LogP contribution >= 0.6 is 11.6 Å². The fourth-order valence-electron chi connectivity index (χ4n) is 0.902. The first-order valence-electron chi connectivity index (χ1n) is 4.17. The van der Waals surface area contributed by atoms with Crippen LogP contribution in [0.1, 0.15) is 26.2 Å². The standard InChI is InChI=1S/C8H16ClNO2/c1-7(3-2-6-11)10-8(12)4-5-9/h7,11H,2-6H2,1H3,(H,10,12). The molecular formula is C8H16ClNO2. The molecule has 72 valence electrons. The van der Waals surface area contributed by atoms with Gasteiger partial charge in [-0.25, -0.2) is 0 Å². The zero-order chi connectivity index (χ0) is 9.40. The maximum Gasteiger partial charge on any atom is 0.221 e. The van der Waals surface area contributed by atoms with E-state index in [0.717, 1.165) is 12.8 Å². The lowest BCUT2D eigenvalue weighted by molar-refractivity contribution is -0.121.